The van der Waals surface area contributed by atoms with Crippen molar-refractivity contribution in [3.05, 3.63) is 13.8 Å². The zero-order valence-corrected chi connectivity index (χ0v) is 8.57. The molecular weight excluding hydrogens is 161 g/mol. The molecule has 0 aromatic rings. The third-order valence-electron chi connectivity index (χ3n) is 0.667. The Morgan fingerprint density at radius 2 is 1.43 bits per heavy atom. The van der Waals surface area contributed by atoms with E-state index in [2.05, 4.69) is 27.2 Å². The van der Waals surface area contributed by atoms with Gasteiger partial charge in [-0.15, -0.1) is 0 Å². The van der Waals surface area contributed by atoms with Gasteiger partial charge in [0.15, 0.2) is 0 Å². The average Bonchev–Trinajstić information content (AvgIpc) is 1.38. The van der Waals surface area contributed by atoms with E-state index in [1.165, 1.54) is 0 Å². The molecule has 0 heterocycles. The van der Waals surface area contributed by atoms with Crippen molar-refractivity contribution >= 4 is 0 Å². The summed E-state index contributed by atoms with van der Waals surface area (Å²) in [6, 6.07) is 0. The summed E-state index contributed by atoms with van der Waals surface area (Å²) in [7, 11) is 0. The Bertz CT molecular complexity index is 18.1. The Morgan fingerprint density at radius 1 is 1.29 bits per heavy atom. The Balaban J connectivity index is -0.0000000800. The van der Waals surface area contributed by atoms with Crippen molar-refractivity contribution in [3.8, 4) is 0 Å². The van der Waals surface area contributed by atoms with E-state index in [0.717, 1.165) is 5.92 Å². The molecule has 0 aliphatic carbocycles. The predicted octanol–water partition coefficient (Wildman–Crippen LogP) is 2.31. The maximum atomic E-state index is 2.17. The minimum Gasteiger partial charge on any atom is -0.358 e. The van der Waals surface area contributed by atoms with Crippen LogP contribution in [-0.2, 0) is 32.7 Å². The number of rotatable bonds is 1. The largest absolute Gasteiger partial charge is 0.358 e. The van der Waals surface area contributed by atoms with E-state index < -0.39 is 0 Å². The summed E-state index contributed by atoms with van der Waals surface area (Å²) in [6.45, 7) is 6.41. The molecule has 0 fully saturated rings. The standard InChI is InChI=1S/C5H11.CH3.Y/c1-4-5(2)3;;/h4-5H,1-3H3;1H3;/q2*-1;. The van der Waals surface area contributed by atoms with Gasteiger partial charge in [-0.1, -0.05) is 13.8 Å². The minimum atomic E-state index is 0. The minimum absolute atomic E-state index is 0. The van der Waals surface area contributed by atoms with Crippen LogP contribution in [0.1, 0.15) is 20.8 Å². The first-order chi connectivity index (χ1) is 2.27. The first-order valence-electron chi connectivity index (χ1n) is 2.07. The van der Waals surface area contributed by atoms with E-state index in [4.69, 9.17) is 0 Å². The van der Waals surface area contributed by atoms with E-state index in [9.17, 15) is 0 Å². The third kappa shape index (κ3) is 19.2. The molecule has 0 spiro atoms. The van der Waals surface area contributed by atoms with Gasteiger partial charge in [-0.25, -0.2) is 0 Å². The molecular formula is C6H14Y-2. The Labute approximate surface area is 73.0 Å². The van der Waals surface area contributed by atoms with Crippen molar-refractivity contribution < 1.29 is 32.7 Å². The molecule has 1 radical (unpaired) electrons. The molecule has 0 rings (SSSR count). The summed E-state index contributed by atoms with van der Waals surface area (Å²) in [5.41, 5.74) is 0. The fourth-order valence-corrected chi connectivity index (χ4v) is 0. The monoisotopic (exact) mass is 175 g/mol. The van der Waals surface area contributed by atoms with Crippen LogP contribution in [0.25, 0.3) is 0 Å². The van der Waals surface area contributed by atoms with Gasteiger partial charge < -0.3 is 13.8 Å². The van der Waals surface area contributed by atoms with Crippen LogP contribution in [0.4, 0.5) is 0 Å². The zero-order valence-electron chi connectivity index (χ0n) is 5.73. The fourth-order valence-electron chi connectivity index (χ4n) is 0. The van der Waals surface area contributed by atoms with Gasteiger partial charge in [0.25, 0.3) is 0 Å². The molecule has 1 heteroatoms. The van der Waals surface area contributed by atoms with Gasteiger partial charge in [0.1, 0.15) is 0 Å². The second kappa shape index (κ2) is 10.2. The molecule has 0 aromatic heterocycles. The molecule has 0 aliphatic heterocycles. The van der Waals surface area contributed by atoms with Crippen molar-refractivity contribution in [3.63, 3.8) is 0 Å². The van der Waals surface area contributed by atoms with E-state index in [1.54, 1.807) is 0 Å². The van der Waals surface area contributed by atoms with E-state index in [1.807, 2.05) is 0 Å². The molecule has 0 N–H and O–H groups in total. The second-order valence-electron chi connectivity index (χ2n) is 1.58. The van der Waals surface area contributed by atoms with Crippen LogP contribution in [-0.4, -0.2) is 0 Å². The normalized spacial score (nSPS) is 6.86. The number of hydrogen-bond acceptors (Lipinski definition) is 0. The molecule has 0 amide bonds. The summed E-state index contributed by atoms with van der Waals surface area (Å²) < 4.78 is 0. The summed E-state index contributed by atoms with van der Waals surface area (Å²) in [4.78, 5) is 0. The molecule has 0 saturated heterocycles. The van der Waals surface area contributed by atoms with Gasteiger partial charge in [-0.3, -0.25) is 0 Å². The van der Waals surface area contributed by atoms with Crippen molar-refractivity contribution in [2.75, 3.05) is 0 Å². The summed E-state index contributed by atoms with van der Waals surface area (Å²) in [6.07, 6.45) is 2.17. The van der Waals surface area contributed by atoms with Crippen LogP contribution in [0.3, 0.4) is 0 Å². The van der Waals surface area contributed by atoms with Crippen LogP contribution in [0.5, 0.6) is 0 Å². The average molecular weight is 175 g/mol. The topological polar surface area (TPSA) is 0 Å². The number of hydrogen-bond donors (Lipinski definition) is 0. The molecule has 0 aromatic carbocycles. The first kappa shape index (κ1) is 15.7. The maximum Gasteiger partial charge on any atom is 0 e. The van der Waals surface area contributed by atoms with Gasteiger partial charge in [0, 0.05) is 32.7 Å². The van der Waals surface area contributed by atoms with Crippen molar-refractivity contribution in [2.24, 2.45) is 5.92 Å². The van der Waals surface area contributed by atoms with Crippen LogP contribution in [0, 0.1) is 19.8 Å². The van der Waals surface area contributed by atoms with Gasteiger partial charge in [0.05, 0.1) is 0 Å². The van der Waals surface area contributed by atoms with Gasteiger partial charge in [-0.2, -0.15) is 12.8 Å². The summed E-state index contributed by atoms with van der Waals surface area (Å²) in [5.74, 6) is 0.759. The van der Waals surface area contributed by atoms with Crippen LogP contribution < -0.4 is 0 Å². The molecule has 0 aliphatic rings. The molecule has 43 valence electrons. The molecule has 0 unspecified atom stereocenters. The Morgan fingerprint density at radius 3 is 1.43 bits per heavy atom. The second-order valence-corrected chi connectivity index (χ2v) is 1.58. The Kier molecular flexibility index (Phi) is 22.8. The molecule has 0 bridgehead atoms. The van der Waals surface area contributed by atoms with Gasteiger partial charge >= 0.3 is 0 Å². The first-order valence-corrected chi connectivity index (χ1v) is 2.07. The smallest absolute Gasteiger partial charge is 0 e. The van der Waals surface area contributed by atoms with Gasteiger partial charge in [-0.05, 0) is 0 Å². The Hall–Kier alpha value is 1.10. The van der Waals surface area contributed by atoms with Crippen LogP contribution in [0.2, 0.25) is 0 Å². The SMILES string of the molecule is C[CH-]C(C)C.[CH3-].[Y]. The van der Waals surface area contributed by atoms with Crippen LogP contribution >= 0.6 is 0 Å². The predicted molar refractivity (Wildman–Crippen MR) is 31.2 cm³/mol. The third-order valence-corrected chi connectivity index (χ3v) is 0.667. The fraction of sp³-hybridized carbons (Fsp3) is 0.667. The van der Waals surface area contributed by atoms with E-state index in [-0.39, 0.29) is 40.1 Å². The van der Waals surface area contributed by atoms with Gasteiger partial charge in [0.2, 0.25) is 0 Å². The van der Waals surface area contributed by atoms with Crippen molar-refractivity contribution in [1.29, 1.82) is 0 Å². The summed E-state index contributed by atoms with van der Waals surface area (Å²) in [5, 5.41) is 0. The maximum absolute atomic E-state index is 2.17. The molecule has 0 atom stereocenters. The molecule has 0 nitrogen and oxygen atoms in total. The quantitative estimate of drug-likeness (QED) is 0.536. The summed E-state index contributed by atoms with van der Waals surface area (Å²) >= 11 is 0. The van der Waals surface area contributed by atoms with E-state index >= 15 is 0 Å². The van der Waals surface area contributed by atoms with E-state index in [0.29, 0.717) is 0 Å². The van der Waals surface area contributed by atoms with Crippen molar-refractivity contribution in [1.82, 2.24) is 0 Å². The van der Waals surface area contributed by atoms with Crippen LogP contribution in [0.15, 0.2) is 0 Å². The molecule has 7 heavy (non-hydrogen) atoms. The van der Waals surface area contributed by atoms with Crippen molar-refractivity contribution in [2.45, 2.75) is 20.8 Å². The molecule has 0 saturated carbocycles. The zero-order chi connectivity index (χ0) is 4.28.